The maximum absolute atomic E-state index is 12.9. The molecule has 1 aromatic carbocycles. The summed E-state index contributed by atoms with van der Waals surface area (Å²) in [6, 6.07) is 11.5. The summed E-state index contributed by atoms with van der Waals surface area (Å²) in [6.07, 6.45) is 3.07. The standard InChI is InChI=1S/C21H21ClN4O2/c1-15-6-7-26-19(12-15)23-13-18(21(26)28)20(27)25-10-8-24(9-11-25)14-16-2-4-17(22)5-3-16/h2-7,12-13H,8-11,14H2,1H3. The molecule has 1 saturated heterocycles. The molecule has 28 heavy (non-hydrogen) atoms. The second-order valence-corrected chi connectivity index (χ2v) is 7.54. The van der Waals surface area contributed by atoms with Gasteiger partial charge in [0.15, 0.2) is 0 Å². The summed E-state index contributed by atoms with van der Waals surface area (Å²) < 4.78 is 1.43. The van der Waals surface area contributed by atoms with E-state index >= 15 is 0 Å². The van der Waals surface area contributed by atoms with Gasteiger partial charge in [-0.3, -0.25) is 18.9 Å². The third-order valence-corrected chi connectivity index (χ3v) is 5.33. The molecule has 2 aromatic heterocycles. The van der Waals surface area contributed by atoms with Gasteiger partial charge in [0, 0.05) is 50.1 Å². The molecule has 3 aromatic rings. The summed E-state index contributed by atoms with van der Waals surface area (Å²) in [5.41, 5.74) is 2.56. The van der Waals surface area contributed by atoms with Gasteiger partial charge in [-0.05, 0) is 42.3 Å². The van der Waals surface area contributed by atoms with Gasteiger partial charge in [-0.25, -0.2) is 4.98 Å². The number of benzene rings is 1. The van der Waals surface area contributed by atoms with Crippen molar-refractivity contribution in [1.29, 1.82) is 0 Å². The van der Waals surface area contributed by atoms with Crippen LogP contribution in [-0.2, 0) is 6.54 Å². The fraction of sp³-hybridized carbons (Fsp3) is 0.286. The SMILES string of the molecule is Cc1ccn2c(=O)c(C(=O)N3CCN(Cc4ccc(Cl)cc4)CC3)cnc2c1. The van der Waals surface area contributed by atoms with E-state index in [1.165, 1.54) is 16.2 Å². The van der Waals surface area contributed by atoms with Crippen LogP contribution in [0.15, 0.2) is 53.6 Å². The Morgan fingerprint density at radius 2 is 1.82 bits per heavy atom. The highest BCUT2D eigenvalue weighted by molar-refractivity contribution is 6.30. The number of rotatable bonds is 3. The van der Waals surface area contributed by atoms with Gasteiger partial charge in [0.05, 0.1) is 0 Å². The molecule has 0 spiro atoms. The summed E-state index contributed by atoms with van der Waals surface area (Å²) in [5, 5.41) is 0.726. The first-order valence-corrected chi connectivity index (χ1v) is 9.63. The van der Waals surface area contributed by atoms with Gasteiger partial charge in [-0.2, -0.15) is 0 Å². The number of nitrogens with zero attached hydrogens (tertiary/aromatic N) is 4. The zero-order valence-corrected chi connectivity index (χ0v) is 16.4. The van der Waals surface area contributed by atoms with Crippen LogP contribution in [0, 0.1) is 6.92 Å². The molecule has 1 fully saturated rings. The van der Waals surface area contributed by atoms with E-state index in [1.54, 1.807) is 11.1 Å². The van der Waals surface area contributed by atoms with Crippen molar-refractivity contribution in [1.82, 2.24) is 19.2 Å². The molecule has 1 aliphatic heterocycles. The second-order valence-electron chi connectivity index (χ2n) is 7.10. The number of hydrogen-bond acceptors (Lipinski definition) is 4. The summed E-state index contributed by atoms with van der Waals surface area (Å²) >= 11 is 5.93. The van der Waals surface area contributed by atoms with Crippen molar-refractivity contribution in [2.75, 3.05) is 26.2 Å². The number of pyridine rings is 1. The van der Waals surface area contributed by atoms with Crippen LogP contribution < -0.4 is 5.56 Å². The molecule has 0 aliphatic carbocycles. The van der Waals surface area contributed by atoms with Crippen molar-refractivity contribution in [2.45, 2.75) is 13.5 Å². The van der Waals surface area contributed by atoms with E-state index in [0.29, 0.717) is 18.7 Å². The molecule has 0 radical (unpaired) electrons. The van der Waals surface area contributed by atoms with Crippen molar-refractivity contribution < 1.29 is 4.79 Å². The van der Waals surface area contributed by atoms with Crippen molar-refractivity contribution in [3.8, 4) is 0 Å². The van der Waals surface area contributed by atoms with E-state index in [2.05, 4.69) is 9.88 Å². The van der Waals surface area contributed by atoms with Crippen molar-refractivity contribution >= 4 is 23.2 Å². The lowest BCUT2D eigenvalue weighted by atomic mass is 10.2. The van der Waals surface area contributed by atoms with Crippen molar-refractivity contribution in [3.63, 3.8) is 0 Å². The molecule has 0 unspecified atom stereocenters. The molecule has 3 heterocycles. The number of hydrogen-bond donors (Lipinski definition) is 0. The zero-order chi connectivity index (χ0) is 19.7. The number of carbonyl (C=O) groups is 1. The molecule has 1 amide bonds. The fourth-order valence-corrected chi connectivity index (χ4v) is 3.58. The highest BCUT2D eigenvalue weighted by Gasteiger charge is 2.24. The Balaban J connectivity index is 1.44. The van der Waals surface area contributed by atoms with Crippen LogP contribution in [0.25, 0.3) is 5.65 Å². The topological polar surface area (TPSA) is 57.9 Å². The van der Waals surface area contributed by atoms with Crippen LogP contribution in [0.2, 0.25) is 5.02 Å². The van der Waals surface area contributed by atoms with Gasteiger partial charge in [0.1, 0.15) is 11.2 Å². The van der Waals surface area contributed by atoms with E-state index < -0.39 is 0 Å². The van der Waals surface area contributed by atoms with Crippen LogP contribution in [0.5, 0.6) is 0 Å². The first-order valence-electron chi connectivity index (χ1n) is 9.25. The Kier molecular flexibility index (Phi) is 5.15. The minimum absolute atomic E-state index is 0.118. The minimum Gasteiger partial charge on any atom is -0.336 e. The molecule has 7 heteroatoms. The van der Waals surface area contributed by atoms with Gasteiger partial charge in [-0.1, -0.05) is 23.7 Å². The molecule has 0 atom stereocenters. The molecule has 1 aliphatic rings. The average Bonchev–Trinajstić information content (AvgIpc) is 2.70. The molecule has 4 rings (SSSR count). The van der Waals surface area contributed by atoms with Gasteiger partial charge in [0.2, 0.25) is 0 Å². The van der Waals surface area contributed by atoms with Crippen LogP contribution in [0.1, 0.15) is 21.5 Å². The predicted octanol–water partition coefficient (Wildman–Crippen LogP) is 2.61. The highest BCUT2D eigenvalue weighted by atomic mass is 35.5. The zero-order valence-electron chi connectivity index (χ0n) is 15.6. The Morgan fingerprint density at radius 3 is 2.54 bits per heavy atom. The number of amides is 1. The number of aromatic nitrogens is 2. The van der Waals surface area contributed by atoms with Crippen LogP contribution in [0.3, 0.4) is 0 Å². The lowest BCUT2D eigenvalue weighted by Gasteiger charge is -2.34. The predicted molar refractivity (Wildman–Crippen MR) is 109 cm³/mol. The minimum atomic E-state index is -0.321. The second kappa shape index (κ2) is 7.73. The van der Waals surface area contributed by atoms with Gasteiger partial charge in [0.25, 0.3) is 11.5 Å². The quantitative estimate of drug-likeness (QED) is 0.683. The first kappa shape index (κ1) is 18.7. The fourth-order valence-electron chi connectivity index (χ4n) is 3.45. The van der Waals surface area contributed by atoms with E-state index in [1.807, 2.05) is 43.3 Å². The summed E-state index contributed by atoms with van der Waals surface area (Å²) in [5.74, 6) is -0.251. The van der Waals surface area contributed by atoms with Gasteiger partial charge >= 0.3 is 0 Å². The molecule has 6 nitrogen and oxygen atoms in total. The van der Waals surface area contributed by atoms with Crippen LogP contribution in [0.4, 0.5) is 0 Å². The van der Waals surface area contributed by atoms with Gasteiger partial charge in [-0.15, -0.1) is 0 Å². The maximum atomic E-state index is 12.9. The normalized spacial score (nSPS) is 15.1. The smallest absolute Gasteiger partial charge is 0.270 e. The highest BCUT2D eigenvalue weighted by Crippen LogP contribution is 2.14. The first-order chi connectivity index (χ1) is 13.5. The summed E-state index contributed by atoms with van der Waals surface area (Å²) in [7, 11) is 0. The Hall–Kier alpha value is -2.70. The maximum Gasteiger partial charge on any atom is 0.270 e. The average molecular weight is 397 g/mol. The van der Waals surface area contributed by atoms with Crippen LogP contribution in [-0.4, -0.2) is 51.3 Å². The number of fused-ring (bicyclic) bond motifs is 1. The lowest BCUT2D eigenvalue weighted by molar-refractivity contribution is 0.0626. The van der Waals surface area contributed by atoms with Crippen molar-refractivity contribution in [2.24, 2.45) is 0 Å². The number of piperazine rings is 1. The lowest BCUT2D eigenvalue weighted by Crippen LogP contribution is -2.49. The largest absolute Gasteiger partial charge is 0.336 e. The van der Waals surface area contributed by atoms with E-state index in [-0.39, 0.29) is 17.0 Å². The van der Waals surface area contributed by atoms with Crippen LogP contribution >= 0.6 is 11.6 Å². The van der Waals surface area contributed by atoms with E-state index in [0.717, 1.165) is 30.2 Å². The molecule has 0 bridgehead atoms. The molecule has 144 valence electrons. The monoisotopic (exact) mass is 396 g/mol. The number of aryl methyl sites for hydroxylation is 1. The summed E-state index contributed by atoms with van der Waals surface area (Å²) in [4.78, 5) is 33.9. The number of carbonyl (C=O) groups excluding carboxylic acids is 1. The molecule has 0 N–H and O–H groups in total. The van der Waals surface area contributed by atoms with E-state index in [4.69, 9.17) is 11.6 Å². The van der Waals surface area contributed by atoms with E-state index in [9.17, 15) is 9.59 Å². The van der Waals surface area contributed by atoms with Crippen molar-refractivity contribution in [3.05, 3.63) is 80.9 Å². The Morgan fingerprint density at radius 1 is 1.11 bits per heavy atom. The molecular formula is C21H21ClN4O2. The Labute approximate surface area is 168 Å². The molecular weight excluding hydrogens is 376 g/mol. The third kappa shape index (κ3) is 3.79. The summed E-state index contributed by atoms with van der Waals surface area (Å²) in [6.45, 7) is 5.45. The third-order valence-electron chi connectivity index (χ3n) is 5.07. The Bertz CT molecular complexity index is 1070. The number of halogens is 1. The van der Waals surface area contributed by atoms with Gasteiger partial charge < -0.3 is 4.90 Å². The molecule has 0 saturated carbocycles.